The molecular weight excluding hydrogens is 323 g/mol. The van der Waals surface area contributed by atoms with Gasteiger partial charge >= 0.3 is 0 Å². The van der Waals surface area contributed by atoms with Gasteiger partial charge < -0.3 is 9.88 Å². The number of carbonyl (C=O) groups is 1. The van der Waals surface area contributed by atoms with Gasteiger partial charge in [0.1, 0.15) is 11.5 Å². The third kappa shape index (κ3) is 2.63. The minimum absolute atomic E-state index is 0.169. The van der Waals surface area contributed by atoms with Crippen LogP contribution in [0.2, 0.25) is 0 Å². The van der Waals surface area contributed by atoms with Crippen molar-refractivity contribution < 1.29 is 9.18 Å². The molecule has 0 atom stereocenters. The second-order valence-electron chi connectivity index (χ2n) is 5.10. The van der Waals surface area contributed by atoms with E-state index < -0.39 is 0 Å². The van der Waals surface area contributed by atoms with Crippen LogP contribution in [0.5, 0.6) is 0 Å². The van der Waals surface area contributed by atoms with Crippen molar-refractivity contribution >= 4 is 27.5 Å². The summed E-state index contributed by atoms with van der Waals surface area (Å²) in [4.78, 5) is 12.4. The Morgan fingerprint density at radius 2 is 2.15 bits per heavy atom. The van der Waals surface area contributed by atoms with Crippen LogP contribution in [-0.4, -0.2) is 10.5 Å². The molecule has 0 aliphatic heterocycles. The SMILES string of the molecule is Cc1cc(F)ccc1NC(=O)c1cc(Br)cn1C1CC1. The molecule has 1 aliphatic rings. The molecule has 5 heteroatoms. The molecule has 0 spiro atoms. The van der Waals surface area contributed by atoms with E-state index in [4.69, 9.17) is 0 Å². The van der Waals surface area contributed by atoms with Crippen LogP contribution in [0.3, 0.4) is 0 Å². The maximum atomic E-state index is 13.1. The lowest BCUT2D eigenvalue weighted by atomic mass is 10.2. The molecule has 0 radical (unpaired) electrons. The summed E-state index contributed by atoms with van der Waals surface area (Å²) in [6.45, 7) is 1.77. The largest absolute Gasteiger partial charge is 0.339 e. The van der Waals surface area contributed by atoms with E-state index >= 15 is 0 Å². The van der Waals surface area contributed by atoms with Gasteiger partial charge in [0.15, 0.2) is 0 Å². The van der Waals surface area contributed by atoms with Gasteiger partial charge in [-0.25, -0.2) is 4.39 Å². The molecule has 20 heavy (non-hydrogen) atoms. The molecule has 0 bridgehead atoms. The summed E-state index contributed by atoms with van der Waals surface area (Å²) in [5.74, 6) is -0.470. The van der Waals surface area contributed by atoms with E-state index in [-0.39, 0.29) is 11.7 Å². The first kappa shape index (κ1) is 13.4. The molecular formula is C15H14BrFN2O. The van der Waals surface area contributed by atoms with Crippen LogP contribution in [0.15, 0.2) is 34.9 Å². The molecule has 1 aliphatic carbocycles. The fourth-order valence-electron chi connectivity index (χ4n) is 2.24. The molecule has 2 aromatic rings. The summed E-state index contributed by atoms with van der Waals surface area (Å²) in [7, 11) is 0. The first-order valence-electron chi connectivity index (χ1n) is 6.49. The summed E-state index contributed by atoms with van der Waals surface area (Å²) in [5.41, 5.74) is 1.97. The number of anilines is 1. The Morgan fingerprint density at radius 1 is 1.40 bits per heavy atom. The lowest BCUT2D eigenvalue weighted by Crippen LogP contribution is -2.17. The van der Waals surface area contributed by atoms with Crippen LogP contribution in [-0.2, 0) is 0 Å². The number of halogens is 2. The number of aromatic nitrogens is 1. The van der Waals surface area contributed by atoms with E-state index in [1.165, 1.54) is 12.1 Å². The number of amides is 1. The Balaban J connectivity index is 1.86. The van der Waals surface area contributed by atoms with Crippen LogP contribution in [0, 0.1) is 12.7 Å². The molecule has 1 N–H and O–H groups in total. The van der Waals surface area contributed by atoms with Crippen molar-refractivity contribution in [2.45, 2.75) is 25.8 Å². The van der Waals surface area contributed by atoms with Gasteiger partial charge in [-0.05, 0) is 65.5 Å². The summed E-state index contributed by atoms with van der Waals surface area (Å²) in [6, 6.07) is 6.58. The predicted octanol–water partition coefficient (Wildman–Crippen LogP) is 4.29. The quantitative estimate of drug-likeness (QED) is 0.891. The van der Waals surface area contributed by atoms with Gasteiger partial charge in [-0.1, -0.05) is 0 Å². The number of nitrogens with zero attached hydrogens (tertiary/aromatic N) is 1. The average Bonchev–Trinajstić information content (AvgIpc) is 3.16. The van der Waals surface area contributed by atoms with Gasteiger partial charge in [0.2, 0.25) is 0 Å². The third-order valence-corrected chi connectivity index (χ3v) is 3.86. The number of aryl methyl sites for hydroxylation is 1. The molecule has 3 nitrogen and oxygen atoms in total. The topological polar surface area (TPSA) is 34.0 Å². The first-order valence-corrected chi connectivity index (χ1v) is 7.29. The zero-order valence-corrected chi connectivity index (χ0v) is 12.6. The van der Waals surface area contributed by atoms with E-state index in [9.17, 15) is 9.18 Å². The second kappa shape index (κ2) is 5.05. The Morgan fingerprint density at radius 3 is 2.80 bits per heavy atom. The fourth-order valence-corrected chi connectivity index (χ4v) is 2.67. The smallest absolute Gasteiger partial charge is 0.272 e. The molecule has 0 saturated heterocycles. The van der Waals surface area contributed by atoms with Gasteiger partial charge in [0, 0.05) is 22.4 Å². The molecule has 1 heterocycles. The number of carbonyl (C=O) groups excluding carboxylic acids is 1. The predicted molar refractivity (Wildman–Crippen MR) is 79.5 cm³/mol. The molecule has 1 aromatic carbocycles. The summed E-state index contributed by atoms with van der Waals surface area (Å²) in [5, 5.41) is 2.84. The normalized spacial score (nSPS) is 14.3. The summed E-state index contributed by atoms with van der Waals surface area (Å²) < 4.78 is 16.0. The number of nitrogens with one attached hydrogen (secondary N) is 1. The Labute approximate surface area is 124 Å². The second-order valence-corrected chi connectivity index (χ2v) is 6.01. The minimum Gasteiger partial charge on any atom is -0.339 e. The monoisotopic (exact) mass is 336 g/mol. The fraction of sp³-hybridized carbons (Fsp3) is 0.267. The van der Waals surface area contributed by atoms with Gasteiger partial charge in [-0.3, -0.25) is 4.79 Å². The lowest BCUT2D eigenvalue weighted by molar-refractivity contribution is 0.101. The molecule has 3 rings (SSSR count). The standard InChI is InChI=1S/C15H14BrFN2O/c1-9-6-11(17)2-5-13(9)18-15(20)14-7-10(16)8-19(14)12-3-4-12/h2,5-8,12H,3-4H2,1H3,(H,18,20). The van der Waals surface area contributed by atoms with Crippen molar-refractivity contribution in [2.24, 2.45) is 0 Å². The van der Waals surface area contributed by atoms with Crippen molar-refractivity contribution in [3.63, 3.8) is 0 Å². The van der Waals surface area contributed by atoms with Gasteiger partial charge in [0.25, 0.3) is 5.91 Å². The zero-order chi connectivity index (χ0) is 14.3. The van der Waals surface area contributed by atoms with Crippen molar-refractivity contribution in [2.75, 3.05) is 5.32 Å². The summed E-state index contributed by atoms with van der Waals surface area (Å²) >= 11 is 3.41. The first-order chi connectivity index (χ1) is 9.54. The molecule has 1 amide bonds. The summed E-state index contributed by atoms with van der Waals surface area (Å²) in [6.07, 6.45) is 4.15. The lowest BCUT2D eigenvalue weighted by Gasteiger charge is -2.10. The molecule has 1 fully saturated rings. The van der Waals surface area contributed by atoms with Crippen LogP contribution >= 0.6 is 15.9 Å². The van der Waals surface area contributed by atoms with Crippen LogP contribution in [0.25, 0.3) is 0 Å². The van der Waals surface area contributed by atoms with Gasteiger partial charge in [-0.2, -0.15) is 0 Å². The maximum Gasteiger partial charge on any atom is 0.272 e. The van der Waals surface area contributed by atoms with E-state index in [1.54, 1.807) is 13.0 Å². The van der Waals surface area contributed by atoms with Crippen molar-refractivity contribution in [3.8, 4) is 0 Å². The Hall–Kier alpha value is -1.62. The van der Waals surface area contributed by atoms with E-state index in [0.29, 0.717) is 23.0 Å². The zero-order valence-electron chi connectivity index (χ0n) is 11.0. The highest BCUT2D eigenvalue weighted by atomic mass is 79.9. The number of hydrogen-bond donors (Lipinski definition) is 1. The van der Waals surface area contributed by atoms with Crippen molar-refractivity contribution in [1.82, 2.24) is 4.57 Å². The Bertz CT molecular complexity index is 677. The van der Waals surface area contributed by atoms with Crippen molar-refractivity contribution in [1.29, 1.82) is 0 Å². The van der Waals surface area contributed by atoms with E-state index in [2.05, 4.69) is 21.2 Å². The van der Waals surface area contributed by atoms with Crippen LogP contribution in [0.1, 0.15) is 34.9 Å². The van der Waals surface area contributed by atoms with Crippen LogP contribution < -0.4 is 5.32 Å². The third-order valence-electron chi connectivity index (χ3n) is 3.42. The van der Waals surface area contributed by atoms with E-state index in [0.717, 1.165) is 17.3 Å². The highest BCUT2D eigenvalue weighted by molar-refractivity contribution is 9.10. The molecule has 1 saturated carbocycles. The highest BCUT2D eigenvalue weighted by Crippen LogP contribution is 2.37. The van der Waals surface area contributed by atoms with Gasteiger partial charge in [0.05, 0.1) is 0 Å². The molecule has 1 aromatic heterocycles. The Kier molecular flexibility index (Phi) is 3.38. The number of benzene rings is 1. The number of rotatable bonds is 3. The average molecular weight is 337 g/mol. The van der Waals surface area contributed by atoms with Gasteiger partial charge in [-0.15, -0.1) is 0 Å². The maximum absolute atomic E-state index is 13.1. The van der Waals surface area contributed by atoms with Crippen molar-refractivity contribution in [3.05, 3.63) is 52.0 Å². The number of hydrogen-bond acceptors (Lipinski definition) is 1. The molecule has 0 unspecified atom stereocenters. The minimum atomic E-state index is -0.301. The highest BCUT2D eigenvalue weighted by Gasteiger charge is 2.27. The van der Waals surface area contributed by atoms with Crippen LogP contribution in [0.4, 0.5) is 10.1 Å². The van der Waals surface area contributed by atoms with E-state index in [1.807, 2.05) is 16.8 Å². The molecule has 104 valence electrons.